The van der Waals surface area contributed by atoms with Gasteiger partial charge in [0.25, 0.3) is 0 Å². The van der Waals surface area contributed by atoms with E-state index in [1.54, 1.807) is 0 Å². The quantitative estimate of drug-likeness (QED) is 0.758. The van der Waals surface area contributed by atoms with E-state index in [-0.39, 0.29) is 38.0 Å². The number of halogens is 3. The fourth-order valence-electron chi connectivity index (χ4n) is 3.10. The normalized spacial score (nSPS) is 36.7. The SMILES string of the molecule is O=C1CC2(CCC(C(F)(F)F)CC2)C(C(=O)O)N1. The van der Waals surface area contributed by atoms with Crippen LogP contribution < -0.4 is 5.32 Å². The minimum absolute atomic E-state index is 0.0224. The summed E-state index contributed by atoms with van der Waals surface area (Å²) in [5, 5.41) is 11.4. The van der Waals surface area contributed by atoms with Gasteiger partial charge in [-0.3, -0.25) is 4.79 Å². The fraction of sp³-hybridized carbons (Fsp3) is 0.818. The summed E-state index contributed by atoms with van der Waals surface area (Å²) in [5.41, 5.74) is -0.829. The molecule has 1 saturated heterocycles. The maximum atomic E-state index is 12.6. The van der Waals surface area contributed by atoms with Crippen LogP contribution in [0.2, 0.25) is 0 Å². The maximum absolute atomic E-state index is 12.6. The Morgan fingerprint density at radius 1 is 1.33 bits per heavy atom. The van der Waals surface area contributed by atoms with Gasteiger partial charge in [0, 0.05) is 11.8 Å². The minimum Gasteiger partial charge on any atom is -0.480 e. The zero-order chi connectivity index (χ0) is 13.6. The number of rotatable bonds is 1. The second-order valence-electron chi connectivity index (χ2n) is 5.19. The number of carboxylic acid groups (broad SMARTS) is 1. The molecule has 102 valence electrons. The lowest BCUT2D eigenvalue weighted by Crippen LogP contribution is -2.46. The van der Waals surface area contributed by atoms with Crippen LogP contribution in [0.3, 0.4) is 0 Å². The zero-order valence-corrected chi connectivity index (χ0v) is 9.59. The van der Waals surface area contributed by atoms with Gasteiger partial charge in [0.15, 0.2) is 0 Å². The van der Waals surface area contributed by atoms with Crippen molar-refractivity contribution >= 4 is 11.9 Å². The van der Waals surface area contributed by atoms with Crippen LogP contribution in [0.15, 0.2) is 0 Å². The lowest BCUT2D eigenvalue weighted by atomic mass is 9.66. The van der Waals surface area contributed by atoms with Crippen molar-refractivity contribution in [1.29, 1.82) is 0 Å². The smallest absolute Gasteiger partial charge is 0.391 e. The van der Waals surface area contributed by atoms with Crippen LogP contribution in [0.5, 0.6) is 0 Å². The second-order valence-corrected chi connectivity index (χ2v) is 5.19. The third-order valence-electron chi connectivity index (χ3n) is 4.12. The summed E-state index contributed by atoms with van der Waals surface area (Å²) in [4.78, 5) is 22.4. The molecular weight excluding hydrogens is 251 g/mol. The van der Waals surface area contributed by atoms with Crippen molar-refractivity contribution < 1.29 is 27.9 Å². The van der Waals surface area contributed by atoms with Crippen LogP contribution in [0.25, 0.3) is 0 Å². The van der Waals surface area contributed by atoms with Gasteiger partial charge in [0.05, 0.1) is 5.92 Å². The van der Waals surface area contributed by atoms with Gasteiger partial charge in [-0.05, 0) is 25.7 Å². The molecule has 1 unspecified atom stereocenters. The van der Waals surface area contributed by atoms with Crippen molar-refractivity contribution in [3.8, 4) is 0 Å². The molecule has 1 heterocycles. The molecule has 2 N–H and O–H groups in total. The Bertz CT molecular complexity index is 372. The molecule has 1 aliphatic heterocycles. The molecule has 0 radical (unpaired) electrons. The van der Waals surface area contributed by atoms with Gasteiger partial charge < -0.3 is 10.4 Å². The molecule has 1 spiro atoms. The van der Waals surface area contributed by atoms with E-state index in [9.17, 15) is 22.8 Å². The van der Waals surface area contributed by atoms with E-state index in [0.29, 0.717) is 0 Å². The molecule has 0 bridgehead atoms. The summed E-state index contributed by atoms with van der Waals surface area (Å²) in [6.45, 7) is 0. The zero-order valence-electron chi connectivity index (χ0n) is 9.59. The first-order valence-corrected chi connectivity index (χ1v) is 5.83. The first kappa shape index (κ1) is 13.2. The van der Waals surface area contributed by atoms with Crippen LogP contribution in [0, 0.1) is 11.3 Å². The Morgan fingerprint density at radius 3 is 2.33 bits per heavy atom. The van der Waals surface area contributed by atoms with E-state index >= 15 is 0 Å². The van der Waals surface area contributed by atoms with Gasteiger partial charge >= 0.3 is 12.1 Å². The summed E-state index contributed by atoms with van der Waals surface area (Å²) in [5.74, 6) is -2.91. The predicted octanol–water partition coefficient (Wildman–Crippen LogP) is 1.70. The Labute approximate surface area is 102 Å². The summed E-state index contributed by atoms with van der Waals surface area (Å²) in [6, 6.07) is -1.04. The van der Waals surface area contributed by atoms with E-state index in [0.717, 1.165) is 0 Å². The van der Waals surface area contributed by atoms with Crippen molar-refractivity contribution in [1.82, 2.24) is 5.32 Å². The van der Waals surface area contributed by atoms with Gasteiger partial charge in [-0.15, -0.1) is 0 Å². The lowest BCUT2D eigenvalue weighted by Gasteiger charge is -2.39. The molecule has 1 saturated carbocycles. The van der Waals surface area contributed by atoms with Gasteiger partial charge in [-0.2, -0.15) is 13.2 Å². The molecule has 1 atom stereocenters. The van der Waals surface area contributed by atoms with E-state index in [4.69, 9.17) is 5.11 Å². The Kier molecular flexibility index (Phi) is 3.03. The van der Waals surface area contributed by atoms with Crippen LogP contribution in [-0.2, 0) is 9.59 Å². The van der Waals surface area contributed by atoms with Crippen LogP contribution in [-0.4, -0.2) is 29.2 Å². The predicted molar refractivity (Wildman–Crippen MR) is 54.6 cm³/mol. The first-order chi connectivity index (χ1) is 8.24. The monoisotopic (exact) mass is 265 g/mol. The number of aliphatic carboxylic acids is 1. The third kappa shape index (κ3) is 2.18. The summed E-state index contributed by atoms with van der Waals surface area (Å²) >= 11 is 0. The number of amides is 1. The van der Waals surface area contributed by atoms with Crippen molar-refractivity contribution in [3.05, 3.63) is 0 Å². The highest BCUT2D eigenvalue weighted by molar-refractivity contribution is 5.89. The Hall–Kier alpha value is -1.27. The standard InChI is InChI=1S/C11H14F3NO3/c12-11(13,14)6-1-3-10(4-2-6)5-7(16)15-8(10)9(17)18/h6,8H,1-5H2,(H,15,16)(H,17,18). The molecular formula is C11H14F3NO3. The largest absolute Gasteiger partial charge is 0.480 e. The van der Waals surface area contributed by atoms with Crippen molar-refractivity contribution in [2.75, 3.05) is 0 Å². The third-order valence-corrected chi connectivity index (χ3v) is 4.12. The number of carbonyl (C=O) groups is 2. The average molecular weight is 265 g/mol. The van der Waals surface area contributed by atoms with E-state index in [1.807, 2.05) is 0 Å². The summed E-state index contributed by atoms with van der Waals surface area (Å²) < 4.78 is 37.7. The number of carbonyl (C=O) groups excluding carboxylic acids is 1. The van der Waals surface area contributed by atoms with Crippen molar-refractivity contribution in [3.63, 3.8) is 0 Å². The highest BCUT2D eigenvalue weighted by atomic mass is 19.4. The van der Waals surface area contributed by atoms with Crippen LogP contribution in [0.4, 0.5) is 13.2 Å². The second kappa shape index (κ2) is 4.13. The molecule has 0 aromatic heterocycles. The fourth-order valence-corrected chi connectivity index (χ4v) is 3.10. The topological polar surface area (TPSA) is 66.4 Å². The number of alkyl halides is 3. The van der Waals surface area contributed by atoms with E-state index in [2.05, 4.69) is 5.32 Å². The van der Waals surface area contributed by atoms with Crippen molar-refractivity contribution in [2.45, 2.75) is 44.3 Å². The number of carboxylic acids is 1. The summed E-state index contributed by atoms with van der Waals surface area (Å²) in [7, 11) is 0. The number of hydrogen-bond acceptors (Lipinski definition) is 2. The Morgan fingerprint density at radius 2 is 1.89 bits per heavy atom. The van der Waals surface area contributed by atoms with Crippen LogP contribution >= 0.6 is 0 Å². The number of nitrogens with one attached hydrogen (secondary N) is 1. The highest BCUT2D eigenvalue weighted by Crippen LogP contribution is 2.50. The molecule has 1 aliphatic carbocycles. The summed E-state index contributed by atoms with van der Waals surface area (Å²) in [6.07, 6.45) is -4.13. The molecule has 4 nitrogen and oxygen atoms in total. The van der Waals surface area contributed by atoms with Gasteiger partial charge in [0.1, 0.15) is 6.04 Å². The maximum Gasteiger partial charge on any atom is 0.391 e. The van der Waals surface area contributed by atoms with Gasteiger partial charge in [0.2, 0.25) is 5.91 Å². The number of hydrogen-bond donors (Lipinski definition) is 2. The molecule has 2 aliphatic rings. The molecule has 2 fully saturated rings. The first-order valence-electron chi connectivity index (χ1n) is 5.83. The van der Waals surface area contributed by atoms with Crippen molar-refractivity contribution in [2.24, 2.45) is 11.3 Å². The molecule has 7 heteroatoms. The highest BCUT2D eigenvalue weighted by Gasteiger charge is 2.54. The molecule has 0 aromatic rings. The Balaban J connectivity index is 2.11. The average Bonchev–Trinajstić information content (AvgIpc) is 2.55. The van der Waals surface area contributed by atoms with E-state index in [1.165, 1.54) is 0 Å². The molecule has 2 rings (SSSR count). The lowest BCUT2D eigenvalue weighted by molar-refractivity contribution is -0.188. The minimum atomic E-state index is -4.23. The van der Waals surface area contributed by atoms with Gasteiger partial charge in [-0.1, -0.05) is 0 Å². The van der Waals surface area contributed by atoms with Crippen LogP contribution in [0.1, 0.15) is 32.1 Å². The molecule has 18 heavy (non-hydrogen) atoms. The molecule has 0 aromatic carbocycles. The van der Waals surface area contributed by atoms with Gasteiger partial charge in [-0.25, -0.2) is 4.79 Å². The van der Waals surface area contributed by atoms with E-state index < -0.39 is 29.5 Å². The molecule has 1 amide bonds.